The molecule has 2 unspecified atom stereocenters. The fourth-order valence-electron chi connectivity index (χ4n) is 1.84. The Bertz CT molecular complexity index is 273. The first-order valence-corrected chi connectivity index (χ1v) is 6.21. The number of hydrogen-bond acceptors (Lipinski definition) is 2. The van der Waals surface area contributed by atoms with Gasteiger partial charge in [0.05, 0.1) is 6.10 Å². The highest BCUT2D eigenvalue weighted by Crippen LogP contribution is 2.10. The van der Waals surface area contributed by atoms with Crippen molar-refractivity contribution in [2.75, 3.05) is 0 Å². The van der Waals surface area contributed by atoms with Gasteiger partial charge in [-0.15, -0.1) is 0 Å². The molecule has 0 radical (unpaired) electrons. The first-order valence-electron chi connectivity index (χ1n) is 6.21. The van der Waals surface area contributed by atoms with Crippen molar-refractivity contribution < 1.29 is 5.11 Å². The molecule has 2 heteroatoms. The lowest BCUT2D eigenvalue weighted by Crippen LogP contribution is -2.36. The average Bonchev–Trinajstić information content (AvgIpc) is 2.30. The third-order valence-corrected chi connectivity index (χ3v) is 2.91. The number of benzene rings is 1. The molecule has 0 amide bonds. The van der Waals surface area contributed by atoms with Crippen LogP contribution in [0.4, 0.5) is 0 Å². The largest absolute Gasteiger partial charge is 0.392 e. The number of aliphatic hydroxyl groups is 1. The third-order valence-electron chi connectivity index (χ3n) is 2.91. The summed E-state index contributed by atoms with van der Waals surface area (Å²) in [7, 11) is 0. The molecule has 3 N–H and O–H groups in total. The maximum absolute atomic E-state index is 9.88. The Morgan fingerprint density at radius 2 is 1.88 bits per heavy atom. The summed E-state index contributed by atoms with van der Waals surface area (Å²) in [5, 5.41) is 9.88. The summed E-state index contributed by atoms with van der Waals surface area (Å²) in [5.74, 6) is 0. The van der Waals surface area contributed by atoms with Gasteiger partial charge in [-0.1, -0.05) is 56.5 Å². The van der Waals surface area contributed by atoms with E-state index in [0.29, 0.717) is 0 Å². The Labute approximate surface area is 98.5 Å². The summed E-state index contributed by atoms with van der Waals surface area (Å²) in [5.41, 5.74) is 7.18. The molecule has 2 nitrogen and oxygen atoms in total. The van der Waals surface area contributed by atoms with E-state index < -0.39 is 0 Å². The highest BCUT2D eigenvalue weighted by Gasteiger charge is 2.14. The third kappa shape index (κ3) is 4.77. The second-order valence-corrected chi connectivity index (χ2v) is 4.42. The van der Waals surface area contributed by atoms with Crippen LogP contribution in [0, 0.1) is 0 Å². The van der Waals surface area contributed by atoms with Crippen LogP contribution in [0.3, 0.4) is 0 Å². The van der Waals surface area contributed by atoms with E-state index in [-0.39, 0.29) is 12.1 Å². The Kier molecular flexibility index (Phi) is 6.12. The van der Waals surface area contributed by atoms with Crippen LogP contribution in [-0.4, -0.2) is 17.3 Å². The van der Waals surface area contributed by atoms with Crippen molar-refractivity contribution in [3.05, 3.63) is 35.9 Å². The molecule has 0 spiro atoms. The lowest BCUT2D eigenvalue weighted by molar-refractivity contribution is 0.131. The molecule has 0 aliphatic carbocycles. The van der Waals surface area contributed by atoms with Gasteiger partial charge in [-0.3, -0.25) is 0 Å². The highest BCUT2D eigenvalue weighted by atomic mass is 16.3. The van der Waals surface area contributed by atoms with Gasteiger partial charge in [-0.2, -0.15) is 0 Å². The summed E-state index contributed by atoms with van der Waals surface area (Å²) in [4.78, 5) is 0. The molecular weight excluding hydrogens is 198 g/mol. The molecule has 0 saturated carbocycles. The minimum Gasteiger partial charge on any atom is -0.392 e. The average molecular weight is 221 g/mol. The van der Waals surface area contributed by atoms with E-state index in [1.54, 1.807) is 0 Å². The quantitative estimate of drug-likeness (QED) is 0.695. The van der Waals surface area contributed by atoms with Gasteiger partial charge >= 0.3 is 0 Å². The molecule has 90 valence electrons. The minimum absolute atomic E-state index is 0.140. The normalized spacial score (nSPS) is 14.7. The lowest BCUT2D eigenvalue weighted by Gasteiger charge is -2.18. The molecule has 0 bridgehead atoms. The number of unbranched alkanes of at least 4 members (excludes halogenated alkanes) is 2. The Morgan fingerprint density at radius 1 is 1.19 bits per heavy atom. The highest BCUT2D eigenvalue weighted by molar-refractivity contribution is 5.16. The molecule has 0 saturated heterocycles. The van der Waals surface area contributed by atoms with Crippen LogP contribution < -0.4 is 5.73 Å². The molecule has 1 aromatic carbocycles. The van der Waals surface area contributed by atoms with Gasteiger partial charge < -0.3 is 10.8 Å². The number of hydrogen-bond donors (Lipinski definition) is 2. The molecule has 16 heavy (non-hydrogen) atoms. The topological polar surface area (TPSA) is 46.2 Å². The van der Waals surface area contributed by atoms with Gasteiger partial charge in [-0.05, 0) is 18.4 Å². The molecule has 0 aliphatic rings. The smallest absolute Gasteiger partial charge is 0.0694 e. The van der Waals surface area contributed by atoms with Crippen molar-refractivity contribution in [3.63, 3.8) is 0 Å². The van der Waals surface area contributed by atoms with Crippen LogP contribution in [0.1, 0.15) is 38.2 Å². The second kappa shape index (κ2) is 7.42. The summed E-state index contributed by atoms with van der Waals surface area (Å²) < 4.78 is 0. The molecule has 2 atom stereocenters. The lowest BCUT2D eigenvalue weighted by atomic mass is 9.98. The van der Waals surface area contributed by atoms with E-state index in [9.17, 15) is 5.11 Å². The van der Waals surface area contributed by atoms with E-state index >= 15 is 0 Å². The fourth-order valence-corrected chi connectivity index (χ4v) is 1.84. The van der Waals surface area contributed by atoms with Crippen LogP contribution in [0.5, 0.6) is 0 Å². The number of nitrogens with two attached hydrogens (primary N) is 1. The molecule has 0 aromatic heterocycles. The van der Waals surface area contributed by atoms with Crippen molar-refractivity contribution in [2.45, 2.75) is 51.2 Å². The predicted octanol–water partition coefficient (Wildman–Crippen LogP) is 2.50. The summed E-state index contributed by atoms with van der Waals surface area (Å²) in [6.07, 6.45) is 4.64. The number of rotatable bonds is 7. The van der Waals surface area contributed by atoms with Crippen LogP contribution >= 0.6 is 0 Å². The molecule has 1 rings (SSSR count). The maximum Gasteiger partial charge on any atom is 0.0694 e. The molecule has 1 aromatic rings. The van der Waals surface area contributed by atoms with Crippen LogP contribution in [-0.2, 0) is 6.42 Å². The molecular formula is C14H23NO. The van der Waals surface area contributed by atoms with E-state index in [2.05, 4.69) is 19.1 Å². The van der Waals surface area contributed by atoms with Gasteiger partial charge in [0, 0.05) is 6.04 Å². The van der Waals surface area contributed by atoms with Crippen molar-refractivity contribution in [2.24, 2.45) is 5.73 Å². The van der Waals surface area contributed by atoms with Crippen molar-refractivity contribution in [1.29, 1.82) is 0 Å². The molecule has 0 fully saturated rings. The monoisotopic (exact) mass is 221 g/mol. The van der Waals surface area contributed by atoms with Gasteiger partial charge in [-0.25, -0.2) is 0 Å². The summed E-state index contributed by atoms with van der Waals surface area (Å²) >= 11 is 0. The van der Waals surface area contributed by atoms with Gasteiger partial charge in [0.25, 0.3) is 0 Å². The van der Waals surface area contributed by atoms with E-state index in [1.807, 2.05) is 18.2 Å². The fraction of sp³-hybridized carbons (Fsp3) is 0.571. The SMILES string of the molecule is CCCCCC(O)C(N)Cc1ccccc1. The summed E-state index contributed by atoms with van der Waals surface area (Å²) in [6.45, 7) is 2.16. The van der Waals surface area contributed by atoms with Crippen molar-refractivity contribution >= 4 is 0 Å². The molecule has 0 heterocycles. The van der Waals surface area contributed by atoms with Crippen LogP contribution in [0.2, 0.25) is 0 Å². The van der Waals surface area contributed by atoms with Crippen LogP contribution in [0.15, 0.2) is 30.3 Å². The zero-order valence-electron chi connectivity index (χ0n) is 10.1. The Hall–Kier alpha value is -0.860. The zero-order chi connectivity index (χ0) is 11.8. The Morgan fingerprint density at radius 3 is 2.50 bits per heavy atom. The van der Waals surface area contributed by atoms with E-state index in [4.69, 9.17) is 5.73 Å². The second-order valence-electron chi connectivity index (χ2n) is 4.42. The van der Waals surface area contributed by atoms with Crippen molar-refractivity contribution in [3.8, 4) is 0 Å². The van der Waals surface area contributed by atoms with Gasteiger partial charge in [0.1, 0.15) is 0 Å². The Balaban J connectivity index is 2.31. The van der Waals surface area contributed by atoms with E-state index in [1.165, 1.54) is 18.4 Å². The maximum atomic E-state index is 9.88. The predicted molar refractivity (Wildman–Crippen MR) is 68.3 cm³/mol. The first kappa shape index (κ1) is 13.2. The van der Waals surface area contributed by atoms with Gasteiger partial charge in [0.15, 0.2) is 0 Å². The zero-order valence-corrected chi connectivity index (χ0v) is 10.1. The van der Waals surface area contributed by atoms with Gasteiger partial charge in [0.2, 0.25) is 0 Å². The number of aliphatic hydroxyl groups excluding tert-OH is 1. The van der Waals surface area contributed by atoms with Crippen molar-refractivity contribution in [1.82, 2.24) is 0 Å². The first-order chi connectivity index (χ1) is 7.74. The summed E-state index contributed by atoms with van der Waals surface area (Å²) in [6, 6.07) is 9.97. The van der Waals surface area contributed by atoms with Crippen LogP contribution in [0.25, 0.3) is 0 Å². The minimum atomic E-state index is -0.369. The molecule has 0 aliphatic heterocycles. The van der Waals surface area contributed by atoms with E-state index in [0.717, 1.165) is 19.3 Å². The standard InChI is InChI=1S/C14H23NO/c1-2-3-5-10-14(16)13(15)11-12-8-6-4-7-9-12/h4,6-9,13-14,16H,2-3,5,10-11,15H2,1H3.